The lowest BCUT2D eigenvalue weighted by atomic mass is 9.66. The molecule has 1 aromatic carbocycles. The number of likely N-dealkylation sites (tertiary alicyclic amines) is 1. The van der Waals surface area contributed by atoms with Crippen molar-refractivity contribution >= 4 is 35.2 Å². The summed E-state index contributed by atoms with van der Waals surface area (Å²) in [6.45, 7) is 15.8. The minimum atomic E-state index is -0.639. The van der Waals surface area contributed by atoms with Gasteiger partial charge in [0.1, 0.15) is 11.8 Å². The van der Waals surface area contributed by atoms with Crippen molar-refractivity contribution in [2.24, 2.45) is 17.3 Å². The molecule has 1 spiro atoms. The van der Waals surface area contributed by atoms with Crippen LogP contribution in [0.15, 0.2) is 24.3 Å². The quantitative estimate of drug-likeness (QED) is 0.262. The number of amides is 3. The van der Waals surface area contributed by atoms with Gasteiger partial charge < -0.3 is 25.4 Å². The van der Waals surface area contributed by atoms with Gasteiger partial charge in [-0.2, -0.15) is 0 Å². The summed E-state index contributed by atoms with van der Waals surface area (Å²) in [7, 11) is 0. The molecule has 234 valence electrons. The predicted octanol–water partition coefficient (Wildman–Crippen LogP) is 5.39. The number of aliphatic hydroxyl groups is 1. The van der Waals surface area contributed by atoms with Gasteiger partial charge in [-0.25, -0.2) is 0 Å². The molecule has 2 unspecified atom stereocenters. The van der Waals surface area contributed by atoms with E-state index in [-0.39, 0.29) is 29.7 Å². The van der Waals surface area contributed by atoms with Crippen molar-refractivity contribution in [3.8, 4) is 5.75 Å². The zero-order valence-electron chi connectivity index (χ0n) is 26.5. The fourth-order valence-corrected chi connectivity index (χ4v) is 10.3. The lowest BCUT2D eigenvalue weighted by Crippen LogP contribution is -2.58. The summed E-state index contributed by atoms with van der Waals surface area (Å²) in [5.41, 5.74) is 0.238. The van der Waals surface area contributed by atoms with Crippen molar-refractivity contribution in [3.63, 3.8) is 0 Å². The van der Waals surface area contributed by atoms with Gasteiger partial charge >= 0.3 is 0 Å². The third-order valence-electron chi connectivity index (χ3n) is 8.98. The molecule has 3 aliphatic heterocycles. The Kier molecular flexibility index (Phi) is 9.63. The van der Waals surface area contributed by atoms with E-state index in [9.17, 15) is 19.5 Å². The highest BCUT2D eigenvalue weighted by molar-refractivity contribution is 8.02. The number of carbonyl (C=O) groups is 3. The molecule has 3 amide bonds. The molecule has 1 aromatic rings. The molecule has 0 aliphatic carbocycles. The lowest BCUT2D eigenvalue weighted by molar-refractivity contribution is -0.140. The Morgan fingerprint density at radius 1 is 1.05 bits per heavy atom. The molecule has 4 rings (SSSR count). The first-order valence-corrected chi connectivity index (χ1v) is 16.5. The number of aliphatic hydroxyl groups excluding tert-OH is 1. The topological polar surface area (TPSA) is 108 Å². The minimum absolute atomic E-state index is 0.0214. The van der Waals surface area contributed by atoms with Crippen LogP contribution in [-0.2, 0) is 14.4 Å². The van der Waals surface area contributed by atoms with Gasteiger partial charge in [0, 0.05) is 29.1 Å². The Labute approximate surface area is 256 Å². The Balaban J connectivity index is 1.62. The molecule has 3 fully saturated rings. The van der Waals surface area contributed by atoms with Gasteiger partial charge in [-0.05, 0) is 89.5 Å². The fraction of sp³-hybridized carbons (Fsp3) is 0.727. The van der Waals surface area contributed by atoms with Crippen LogP contribution in [0.4, 0.5) is 5.69 Å². The minimum Gasteiger partial charge on any atom is -0.494 e. The number of nitrogens with zero attached hydrogens (tertiary/aromatic N) is 1. The van der Waals surface area contributed by atoms with E-state index >= 15 is 0 Å². The summed E-state index contributed by atoms with van der Waals surface area (Å²) >= 11 is 1.70. The predicted molar refractivity (Wildman–Crippen MR) is 169 cm³/mol. The second-order valence-corrected chi connectivity index (χ2v) is 16.4. The molecule has 3 N–H and O–H groups in total. The molecule has 0 radical (unpaired) electrons. The highest BCUT2D eigenvalue weighted by Gasteiger charge is 2.77. The van der Waals surface area contributed by atoms with Crippen molar-refractivity contribution in [2.45, 2.75) is 114 Å². The van der Waals surface area contributed by atoms with E-state index in [1.54, 1.807) is 16.7 Å². The van der Waals surface area contributed by atoms with Crippen LogP contribution in [0.3, 0.4) is 0 Å². The number of thioether (sulfide) groups is 1. The molecule has 9 heteroatoms. The number of unbranched alkanes of at least 4 members (excludes halogenated alkanes) is 3. The number of fused-ring (bicyclic) bond motifs is 1. The first-order chi connectivity index (χ1) is 19.7. The van der Waals surface area contributed by atoms with E-state index in [1.165, 1.54) is 0 Å². The van der Waals surface area contributed by atoms with Gasteiger partial charge in [-0.15, -0.1) is 11.8 Å². The Hall–Kier alpha value is -2.26. The van der Waals surface area contributed by atoms with Crippen LogP contribution in [0.25, 0.3) is 0 Å². The SMILES string of the molecule is CCOc1ccc(NC(=O)[C@@H]2[C@H]3C(=O)N(CCCCCCO)C(C(=O)NC(C)(C)CC(C)(C)C)C34CC[C@@]2(C)S4)cc1. The Bertz CT molecular complexity index is 1150. The van der Waals surface area contributed by atoms with E-state index in [4.69, 9.17) is 4.74 Å². The zero-order chi connectivity index (χ0) is 30.9. The average Bonchev–Trinajstić information content (AvgIpc) is 3.44. The first kappa shape index (κ1) is 32.6. The summed E-state index contributed by atoms with van der Waals surface area (Å²) in [6.07, 6.45) is 5.55. The normalized spacial score (nSPS) is 28.6. The van der Waals surface area contributed by atoms with Crippen LogP contribution in [0.5, 0.6) is 5.75 Å². The summed E-state index contributed by atoms with van der Waals surface area (Å²) in [6, 6.07) is 6.68. The smallest absolute Gasteiger partial charge is 0.244 e. The monoisotopic (exact) mass is 601 g/mol. The maximum atomic E-state index is 14.3. The first-order valence-electron chi connectivity index (χ1n) is 15.6. The fourth-order valence-electron chi connectivity index (χ4n) is 7.91. The van der Waals surface area contributed by atoms with Gasteiger partial charge in [0.05, 0.1) is 23.2 Å². The second-order valence-electron chi connectivity index (χ2n) is 14.5. The van der Waals surface area contributed by atoms with Crippen molar-refractivity contribution in [1.82, 2.24) is 10.2 Å². The molecule has 0 aromatic heterocycles. The Morgan fingerprint density at radius 3 is 2.33 bits per heavy atom. The number of hydrogen-bond donors (Lipinski definition) is 3. The van der Waals surface area contributed by atoms with E-state index < -0.39 is 32.9 Å². The average molecular weight is 602 g/mol. The molecule has 3 heterocycles. The van der Waals surface area contributed by atoms with Crippen LogP contribution in [0, 0.1) is 17.3 Å². The maximum Gasteiger partial charge on any atom is 0.244 e. The molecular weight excluding hydrogens is 550 g/mol. The van der Waals surface area contributed by atoms with Crippen molar-refractivity contribution < 1.29 is 24.2 Å². The number of nitrogens with one attached hydrogen (secondary N) is 2. The van der Waals surface area contributed by atoms with Crippen LogP contribution in [0.1, 0.15) is 93.4 Å². The Morgan fingerprint density at radius 2 is 1.71 bits per heavy atom. The lowest BCUT2D eigenvalue weighted by Gasteiger charge is -2.38. The third kappa shape index (κ3) is 6.62. The van der Waals surface area contributed by atoms with Gasteiger partial charge in [-0.1, -0.05) is 33.6 Å². The molecule has 8 nitrogen and oxygen atoms in total. The van der Waals surface area contributed by atoms with Gasteiger partial charge in [0.2, 0.25) is 17.7 Å². The summed E-state index contributed by atoms with van der Waals surface area (Å²) in [5, 5.41) is 15.6. The molecule has 42 heavy (non-hydrogen) atoms. The van der Waals surface area contributed by atoms with Crippen molar-refractivity contribution in [3.05, 3.63) is 24.3 Å². The summed E-state index contributed by atoms with van der Waals surface area (Å²) in [5.74, 6) is -0.698. The van der Waals surface area contributed by atoms with E-state index in [2.05, 4.69) is 52.2 Å². The third-order valence-corrected chi connectivity index (χ3v) is 11.0. The van der Waals surface area contributed by atoms with Gasteiger partial charge in [-0.3, -0.25) is 14.4 Å². The maximum absolute atomic E-state index is 14.3. The molecule has 3 aliphatic rings. The van der Waals surface area contributed by atoms with Crippen molar-refractivity contribution in [2.75, 3.05) is 25.1 Å². The van der Waals surface area contributed by atoms with E-state index in [0.29, 0.717) is 18.8 Å². The molecular formula is C33H51N3O5S. The number of anilines is 1. The highest BCUT2D eigenvalue weighted by Crippen LogP contribution is 2.71. The number of carbonyl (C=O) groups excluding carboxylic acids is 3. The molecule has 0 saturated carbocycles. The van der Waals surface area contributed by atoms with Crippen LogP contribution < -0.4 is 15.4 Å². The van der Waals surface area contributed by atoms with Gasteiger partial charge in [0.25, 0.3) is 0 Å². The summed E-state index contributed by atoms with van der Waals surface area (Å²) < 4.78 is 4.47. The largest absolute Gasteiger partial charge is 0.494 e. The van der Waals surface area contributed by atoms with E-state index in [0.717, 1.165) is 50.7 Å². The molecule has 5 atom stereocenters. The van der Waals surface area contributed by atoms with Crippen LogP contribution >= 0.6 is 11.8 Å². The number of hydrogen-bond acceptors (Lipinski definition) is 6. The molecule has 2 bridgehead atoms. The number of ether oxygens (including phenoxy) is 1. The zero-order valence-corrected chi connectivity index (χ0v) is 27.4. The number of benzene rings is 1. The van der Waals surface area contributed by atoms with E-state index in [1.807, 2.05) is 31.2 Å². The van der Waals surface area contributed by atoms with Crippen LogP contribution in [-0.4, -0.2) is 68.6 Å². The van der Waals surface area contributed by atoms with Gasteiger partial charge in [0.15, 0.2) is 0 Å². The molecule has 3 saturated heterocycles. The second kappa shape index (κ2) is 12.4. The number of rotatable bonds is 13. The highest BCUT2D eigenvalue weighted by atomic mass is 32.2. The van der Waals surface area contributed by atoms with Crippen molar-refractivity contribution in [1.29, 1.82) is 0 Å². The standard InChI is InChI=1S/C33H51N3O5S/c1-8-41-23-15-13-22(14-16-23)34-27(38)24-25-29(40)36(19-11-9-10-12-20-37)26(33(25)18-17-32(24,7)42-33)28(39)35-31(5,6)21-30(2,3)4/h13-16,24-26,37H,8-12,17-21H2,1-7H3,(H,34,38)(H,35,39)/t24-,25-,26?,32+,33?/m0/s1. The van der Waals surface area contributed by atoms with Crippen LogP contribution in [0.2, 0.25) is 0 Å². The summed E-state index contributed by atoms with van der Waals surface area (Å²) in [4.78, 5) is 44.3.